The lowest BCUT2D eigenvalue weighted by Gasteiger charge is -2.05. The molecule has 0 bridgehead atoms. The lowest BCUT2D eigenvalue weighted by molar-refractivity contribution is 0.589. The van der Waals surface area contributed by atoms with Crippen molar-refractivity contribution >= 4 is 0 Å². The molecule has 0 fully saturated rings. The third-order valence-corrected chi connectivity index (χ3v) is 3.46. The molecule has 0 spiro atoms. The molecule has 3 aromatic rings. The Morgan fingerprint density at radius 1 is 0.810 bits per heavy atom. The summed E-state index contributed by atoms with van der Waals surface area (Å²) in [7, 11) is 0. The van der Waals surface area contributed by atoms with Crippen LogP contribution in [0, 0.1) is 19.8 Å². The third-order valence-electron chi connectivity index (χ3n) is 3.46. The second-order valence-corrected chi connectivity index (χ2v) is 5.10. The van der Waals surface area contributed by atoms with Crippen molar-refractivity contribution < 1.29 is 4.39 Å². The summed E-state index contributed by atoms with van der Waals surface area (Å²) in [4.78, 5) is 4.09. The summed E-state index contributed by atoms with van der Waals surface area (Å²) in [6, 6.07) is 19.0. The normalized spacial score (nSPS) is 10.6. The molecule has 102 valence electrons. The van der Waals surface area contributed by atoms with Gasteiger partial charge in [0.1, 0.15) is 5.56 Å². The van der Waals surface area contributed by atoms with Gasteiger partial charge in [-0.3, -0.25) is 0 Å². The number of halogens is 1. The number of pyridine rings is 1. The minimum Gasteiger partial charge on any atom is -0.219 e. The van der Waals surface area contributed by atoms with Crippen LogP contribution < -0.4 is 0 Å². The summed E-state index contributed by atoms with van der Waals surface area (Å²) >= 11 is 0. The van der Waals surface area contributed by atoms with Gasteiger partial charge < -0.3 is 0 Å². The van der Waals surface area contributed by atoms with Gasteiger partial charge in [-0.25, -0.2) is 4.98 Å². The predicted molar refractivity (Wildman–Crippen MR) is 84.3 cm³/mol. The van der Waals surface area contributed by atoms with Gasteiger partial charge in [-0.15, -0.1) is 0 Å². The van der Waals surface area contributed by atoms with E-state index in [0.717, 1.165) is 16.7 Å². The summed E-state index contributed by atoms with van der Waals surface area (Å²) in [6.45, 7) is 5.85. The Morgan fingerprint density at radius 3 is 2.05 bits per heavy atom. The van der Waals surface area contributed by atoms with Crippen molar-refractivity contribution in [1.29, 1.82) is 0 Å². The van der Waals surface area contributed by atoms with Crippen molar-refractivity contribution in [2.75, 3.05) is 0 Å². The molecule has 0 N–H and O–H groups in total. The topological polar surface area (TPSA) is 12.9 Å². The number of benzene rings is 2. The fraction of sp³-hybridized carbons (Fsp3) is 0.0526. The lowest BCUT2D eigenvalue weighted by atomic mass is 10.0. The molecule has 0 unspecified atom stereocenters. The van der Waals surface area contributed by atoms with Crippen molar-refractivity contribution in [1.82, 2.24) is 4.98 Å². The highest BCUT2D eigenvalue weighted by molar-refractivity contribution is 5.67. The quantitative estimate of drug-likeness (QED) is 0.471. The minimum absolute atomic E-state index is 0.454. The summed E-state index contributed by atoms with van der Waals surface area (Å²) in [5.41, 5.74) is 4.95. The zero-order chi connectivity index (χ0) is 14.8. The molecule has 0 radical (unpaired) electrons. The van der Waals surface area contributed by atoms with Crippen LogP contribution in [0.25, 0.3) is 22.4 Å². The monoisotopic (exact) mass is 276 g/mol. The second-order valence-electron chi connectivity index (χ2n) is 5.10. The summed E-state index contributed by atoms with van der Waals surface area (Å²) in [5, 5.41) is 0. The molecular weight excluding hydrogens is 261 g/mol. The van der Waals surface area contributed by atoms with Crippen LogP contribution in [0.4, 0.5) is 4.39 Å². The van der Waals surface area contributed by atoms with Gasteiger partial charge in [0.25, 0.3) is 0 Å². The Hall–Kier alpha value is -2.61. The summed E-state index contributed by atoms with van der Waals surface area (Å²) in [6.07, 6.45) is 0. The molecule has 0 aliphatic rings. The molecule has 3 rings (SSSR count). The molecule has 0 saturated carbocycles. The van der Waals surface area contributed by atoms with Crippen LogP contribution in [0.3, 0.4) is 0 Å². The van der Waals surface area contributed by atoms with Crippen LogP contribution in [0.15, 0.2) is 60.7 Å². The van der Waals surface area contributed by atoms with Gasteiger partial charge in [-0.05, 0) is 19.1 Å². The van der Waals surface area contributed by atoms with Gasteiger partial charge in [0.05, 0.1) is 5.69 Å². The summed E-state index contributed by atoms with van der Waals surface area (Å²) in [5.74, 6) is -0.454. The molecule has 0 amide bonds. The number of nitrogens with zero attached hydrogens (tertiary/aromatic N) is 1. The van der Waals surface area contributed by atoms with Crippen LogP contribution in [-0.2, 0) is 0 Å². The van der Waals surface area contributed by atoms with Gasteiger partial charge in [-0.2, -0.15) is 4.39 Å². The molecular formula is C19H15FN+. The van der Waals surface area contributed by atoms with Crippen LogP contribution >= 0.6 is 0 Å². The SMILES string of the molecule is [CH2+]c1ccc(-c2ccc(-c3ccc(C)cc3)nc2F)cc1. The highest BCUT2D eigenvalue weighted by Crippen LogP contribution is 2.25. The Morgan fingerprint density at radius 2 is 1.43 bits per heavy atom. The van der Waals surface area contributed by atoms with Crippen LogP contribution in [0.5, 0.6) is 0 Å². The number of rotatable bonds is 2. The van der Waals surface area contributed by atoms with E-state index in [-0.39, 0.29) is 0 Å². The van der Waals surface area contributed by atoms with Crippen molar-refractivity contribution in [3.63, 3.8) is 0 Å². The Kier molecular flexibility index (Phi) is 3.44. The van der Waals surface area contributed by atoms with Gasteiger partial charge in [0.2, 0.25) is 5.95 Å². The van der Waals surface area contributed by atoms with E-state index in [9.17, 15) is 4.39 Å². The maximum Gasteiger partial charge on any atom is 0.221 e. The first kappa shape index (κ1) is 13.4. The van der Waals surface area contributed by atoms with Gasteiger partial charge in [0, 0.05) is 47.9 Å². The molecule has 1 nitrogen and oxygen atoms in total. The first-order valence-electron chi connectivity index (χ1n) is 6.79. The first-order chi connectivity index (χ1) is 10.1. The largest absolute Gasteiger partial charge is 0.221 e. The first-order valence-corrected chi connectivity index (χ1v) is 6.79. The Bertz CT molecular complexity index is 759. The zero-order valence-electron chi connectivity index (χ0n) is 11.8. The lowest BCUT2D eigenvalue weighted by Crippen LogP contribution is -1.92. The van der Waals surface area contributed by atoms with Crippen LogP contribution in [0.1, 0.15) is 11.1 Å². The molecule has 2 heteroatoms. The standard InChI is InChI=1S/C19H15FN/c1-13-3-7-15(8-4-13)17-11-12-18(21-19(17)20)16-9-5-14(2)6-10-16/h3-12H,1H2,2H3/q+1. The Labute approximate surface area is 124 Å². The molecule has 1 aromatic heterocycles. The smallest absolute Gasteiger partial charge is 0.219 e. The van der Waals surface area contributed by atoms with Crippen molar-refractivity contribution in [3.05, 3.63) is 84.7 Å². The van der Waals surface area contributed by atoms with Crippen molar-refractivity contribution in [3.8, 4) is 22.4 Å². The average molecular weight is 276 g/mol. The highest BCUT2D eigenvalue weighted by Gasteiger charge is 2.10. The van der Waals surface area contributed by atoms with Crippen molar-refractivity contribution in [2.45, 2.75) is 6.92 Å². The van der Waals surface area contributed by atoms with Crippen LogP contribution in [0.2, 0.25) is 0 Å². The number of aromatic nitrogens is 1. The molecule has 1 heterocycles. The number of hydrogen-bond acceptors (Lipinski definition) is 1. The third kappa shape index (κ3) is 2.79. The second kappa shape index (κ2) is 5.41. The van der Waals surface area contributed by atoms with E-state index in [1.807, 2.05) is 61.5 Å². The molecule has 2 aromatic carbocycles. The molecule has 0 atom stereocenters. The van der Waals surface area contributed by atoms with E-state index in [4.69, 9.17) is 0 Å². The van der Waals surface area contributed by atoms with Crippen LogP contribution in [-0.4, -0.2) is 4.98 Å². The zero-order valence-corrected chi connectivity index (χ0v) is 11.8. The Balaban J connectivity index is 1.99. The molecule has 21 heavy (non-hydrogen) atoms. The molecule has 0 saturated heterocycles. The van der Waals surface area contributed by atoms with Gasteiger partial charge in [-0.1, -0.05) is 29.8 Å². The maximum absolute atomic E-state index is 14.3. The number of hydrogen-bond donors (Lipinski definition) is 0. The van der Waals surface area contributed by atoms with Gasteiger partial charge >= 0.3 is 0 Å². The summed E-state index contributed by atoms with van der Waals surface area (Å²) < 4.78 is 14.3. The van der Waals surface area contributed by atoms with E-state index < -0.39 is 5.95 Å². The fourth-order valence-corrected chi connectivity index (χ4v) is 2.22. The van der Waals surface area contributed by atoms with E-state index in [1.165, 1.54) is 5.56 Å². The van der Waals surface area contributed by atoms with E-state index in [1.54, 1.807) is 6.07 Å². The molecule has 0 aliphatic heterocycles. The van der Waals surface area contributed by atoms with E-state index in [2.05, 4.69) is 11.9 Å². The van der Waals surface area contributed by atoms with E-state index >= 15 is 0 Å². The van der Waals surface area contributed by atoms with Crippen molar-refractivity contribution in [2.24, 2.45) is 0 Å². The maximum atomic E-state index is 14.3. The fourth-order valence-electron chi connectivity index (χ4n) is 2.22. The van der Waals surface area contributed by atoms with Gasteiger partial charge in [0.15, 0.2) is 0 Å². The number of aryl methyl sites for hydroxylation is 1. The predicted octanol–water partition coefficient (Wildman–Crippen LogP) is 5.05. The van der Waals surface area contributed by atoms with E-state index in [0.29, 0.717) is 11.3 Å². The average Bonchev–Trinajstić information content (AvgIpc) is 2.49. The molecule has 0 aliphatic carbocycles. The highest BCUT2D eigenvalue weighted by atomic mass is 19.1. The minimum atomic E-state index is -0.454.